The van der Waals surface area contributed by atoms with Crippen LogP contribution >= 0.6 is 0 Å². The van der Waals surface area contributed by atoms with Crippen LogP contribution in [0.4, 0.5) is 0 Å². The van der Waals surface area contributed by atoms with Gasteiger partial charge in [0.25, 0.3) is 0 Å². The maximum absolute atomic E-state index is 5.69. The van der Waals surface area contributed by atoms with Crippen LogP contribution < -0.4 is 5.32 Å². The minimum Gasteiger partial charge on any atom is -0.381 e. The van der Waals surface area contributed by atoms with Crippen molar-refractivity contribution in [3.8, 4) is 0 Å². The monoisotopic (exact) mass is 284 g/mol. The standard InChI is InChI=1S/C17H36N2O/c1-6-7-10-20-11-8-9-19-13-16(14(2)3)18-12-17(19)15(4)5/h14-18H,6-13H2,1-5H3. The van der Waals surface area contributed by atoms with Gasteiger partial charge in [0.2, 0.25) is 0 Å². The largest absolute Gasteiger partial charge is 0.381 e. The molecule has 1 saturated heterocycles. The number of rotatable bonds is 9. The maximum Gasteiger partial charge on any atom is 0.0478 e. The lowest BCUT2D eigenvalue weighted by molar-refractivity contribution is 0.0661. The molecular weight excluding hydrogens is 248 g/mol. The topological polar surface area (TPSA) is 24.5 Å². The van der Waals surface area contributed by atoms with E-state index in [0.29, 0.717) is 18.0 Å². The van der Waals surface area contributed by atoms with Crippen LogP contribution in [0, 0.1) is 11.8 Å². The summed E-state index contributed by atoms with van der Waals surface area (Å²) < 4.78 is 5.69. The normalized spacial score (nSPS) is 24.8. The fourth-order valence-electron chi connectivity index (χ4n) is 2.93. The van der Waals surface area contributed by atoms with Gasteiger partial charge in [0.05, 0.1) is 0 Å². The Balaban J connectivity index is 2.32. The van der Waals surface area contributed by atoms with Gasteiger partial charge in [-0.05, 0) is 24.7 Å². The zero-order valence-electron chi connectivity index (χ0n) is 14.3. The van der Waals surface area contributed by atoms with Crippen molar-refractivity contribution in [2.75, 3.05) is 32.8 Å². The second-order valence-electron chi connectivity index (χ2n) is 6.88. The molecule has 0 amide bonds. The van der Waals surface area contributed by atoms with Crippen molar-refractivity contribution in [2.45, 2.75) is 66.0 Å². The molecule has 0 bridgehead atoms. The third kappa shape index (κ3) is 6.11. The highest BCUT2D eigenvalue weighted by molar-refractivity contribution is 4.88. The van der Waals surface area contributed by atoms with Gasteiger partial charge in [0, 0.05) is 44.9 Å². The second kappa shape index (κ2) is 9.75. The van der Waals surface area contributed by atoms with Crippen molar-refractivity contribution < 1.29 is 4.74 Å². The number of unbranched alkanes of at least 4 members (excludes halogenated alkanes) is 1. The molecule has 1 aliphatic rings. The fraction of sp³-hybridized carbons (Fsp3) is 1.00. The Kier molecular flexibility index (Phi) is 8.74. The predicted octanol–water partition coefficient (Wildman–Crippen LogP) is 3.15. The quantitative estimate of drug-likeness (QED) is 0.658. The van der Waals surface area contributed by atoms with E-state index in [1.807, 2.05) is 0 Å². The number of nitrogens with one attached hydrogen (secondary N) is 1. The first-order valence-electron chi connectivity index (χ1n) is 8.61. The molecule has 1 rings (SSSR count). The third-order valence-electron chi connectivity index (χ3n) is 4.44. The Morgan fingerprint density at radius 1 is 1.10 bits per heavy atom. The summed E-state index contributed by atoms with van der Waals surface area (Å²) in [5.74, 6) is 1.43. The molecule has 1 aliphatic heterocycles. The third-order valence-corrected chi connectivity index (χ3v) is 4.44. The highest BCUT2D eigenvalue weighted by Crippen LogP contribution is 2.18. The predicted molar refractivity (Wildman–Crippen MR) is 87.2 cm³/mol. The second-order valence-corrected chi connectivity index (χ2v) is 6.88. The molecule has 2 unspecified atom stereocenters. The molecule has 0 aromatic heterocycles. The van der Waals surface area contributed by atoms with Crippen molar-refractivity contribution in [3.63, 3.8) is 0 Å². The molecule has 1 N–H and O–H groups in total. The first-order chi connectivity index (χ1) is 9.56. The van der Waals surface area contributed by atoms with Gasteiger partial charge in [0.15, 0.2) is 0 Å². The van der Waals surface area contributed by atoms with Crippen LogP contribution in [0.15, 0.2) is 0 Å². The molecule has 0 saturated carbocycles. The van der Waals surface area contributed by atoms with Gasteiger partial charge in [-0.2, -0.15) is 0 Å². The Labute approximate surface area is 126 Å². The smallest absolute Gasteiger partial charge is 0.0478 e. The van der Waals surface area contributed by atoms with Crippen molar-refractivity contribution in [1.29, 1.82) is 0 Å². The molecule has 0 aromatic carbocycles. The highest BCUT2D eigenvalue weighted by atomic mass is 16.5. The lowest BCUT2D eigenvalue weighted by Crippen LogP contribution is -2.59. The molecule has 20 heavy (non-hydrogen) atoms. The fourth-order valence-corrected chi connectivity index (χ4v) is 2.93. The minimum atomic E-state index is 0.644. The SMILES string of the molecule is CCCCOCCCN1CC(C(C)C)NCC1C(C)C. The molecule has 120 valence electrons. The van der Waals surface area contributed by atoms with Crippen LogP contribution in [0.2, 0.25) is 0 Å². The molecule has 0 spiro atoms. The molecule has 1 fully saturated rings. The summed E-state index contributed by atoms with van der Waals surface area (Å²) in [6.45, 7) is 16.9. The van der Waals surface area contributed by atoms with Crippen LogP contribution in [0.5, 0.6) is 0 Å². The maximum atomic E-state index is 5.69. The summed E-state index contributed by atoms with van der Waals surface area (Å²) in [5.41, 5.74) is 0. The summed E-state index contributed by atoms with van der Waals surface area (Å²) in [4.78, 5) is 2.69. The van der Waals surface area contributed by atoms with E-state index in [1.54, 1.807) is 0 Å². The van der Waals surface area contributed by atoms with Crippen molar-refractivity contribution in [1.82, 2.24) is 10.2 Å². The Hall–Kier alpha value is -0.120. The van der Waals surface area contributed by atoms with Gasteiger partial charge in [0.1, 0.15) is 0 Å². The molecule has 3 nitrogen and oxygen atoms in total. The van der Waals surface area contributed by atoms with Crippen LogP contribution in [0.25, 0.3) is 0 Å². The van der Waals surface area contributed by atoms with E-state index in [0.717, 1.165) is 32.1 Å². The van der Waals surface area contributed by atoms with Gasteiger partial charge in [-0.1, -0.05) is 41.0 Å². The van der Waals surface area contributed by atoms with Crippen molar-refractivity contribution >= 4 is 0 Å². The average molecular weight is 284 g/mol. The number of hydrogen-bond acceptors (Lipinski definition) is 3. The molecular formula is C17H36N2O. The van der Waals surface area contributed by atoms with E-state index >= 15 is 0 Å². The van der Waals surface area contributed by atoms with E-state index in [9.17, 15) is 0 Å². The molecule has 2 atom stereocenters. The van der Waals surface area contributed by atoms with E-state index < -0.39 is 0 Å². The summed E-state index contributed by atoms with van der Waals surface area (Å²) in [5, 5.41) is 3.73. The zero-order chi connectivity index (χ0) is 15.0. The lowest BCUT2D eigenvalue weighted by atomic mass is 9.94. The minimum absolute atomic E-state index is 0.644. The van der Waals surface area contributed by atoms with Crippen molar-refractivity contribution in [2.24, 2.45) is 11.8 Å². The molecule has 0 aliphatic carbocycles. The summed E-state index contributed by atoms with van der Waals surface area (Å²) in [7, 11) is 0. The van der Waals surface area contributed by atoms with Crippen LogP contribution in [0.3, 0.4) is 0 Å². The Morgan fingerprint density at radius 3 is 2.40 bits per heavy atom. The molecule has 0 aromatic rings. The van der Waals surface area contributed by atoms with E-state index in [2.05, 4.69) is 44.8 Å². The van der Waals surface area contributed by atoms with Crippen LogP contribution in [-0.4, -0.2) is 49.8 Å². The highest BCUT2D eigenvalue weighted by Gasteiger charge is 2.30. The van der Waals surface area contributed by atoms with Crippen molar-refractivity contribution in [3.05, 3.63) is 0 Å². The molecule has 3 heteroatoms. The number of piperazine rings is 1. The lowest BCUT2D eigenvalue weighted by Gasteiger charge is -2.43. The van der Waals surface area contributed by atoms with Crippen LogP contribution in [-0.2, 0) is 4.74 Å². The van der Waals surface area contributed by atoms with Crippen LogP contribution in [0.1, 0.15) is 53.9 Å². The number of hydrogen-bond donors (Lipinski definition) is 1. The number of ether oxygens (including phenoxy) is 1. The van der Waals surface area contributed by atoms with Gasteiger partial charge >= 0.3 is 0 Å². The summed E-state index contributed by atoms with van der Waals surface area (Å²) in [6, 6.07) is 1.33. The molecule has 0 radical (unpaired) electrons. The van der Waals surface area contributed by atoms with E-state index in [4.69, 9.17) is 4.74 Å². The first kappa shape index (κ1) is 17.9. The Bertz CT molecular complexity index is 243. The van der Waals surface area contributed by atoms with Gasteiger partial charge in [-0.15, -0.1) is 0 Å². The van der Waals surface area contributed by atoms with Gasteiger partial charge in [-0.3, -0.25) is 4.90 Å². The number of nitrogens with zero attached hydrogens (tertiary/aromatic N) is 1. The van der Waals surface area contributed by atoms with E-state index in [-0.39, 0.29) is 0 Å². The zero-order valence-corrected chi connectivity index (χ0v) is 14.3. The molecule has 1 heterocycles. The Morgan fingerprint density at radius 2 is 1.80 bits per heavy atom. The summed E-state index contributed by atoms with van der Waals surface area (Å²) >= 11 is 0. The summed E-state index contributed by atoms with van der Waals surface area (Å²) in [6.07, 6.45) is 3.58. The first-order valence-corrected chi connectivity index (χ1v) is 8.61. The van der Waals surface area contributed by atoms with E-state index in [1.165, 1.54) is 25.9 Å². The van der Waals surface area contributed by atoms with Gasteiger partial charge < -0.3 is 10.1 Å². The average Bonchev–Trinajstić information content (AvgIpc) is 2.42. The van der Waals surface area contributed by atoms with Gasteiger partial charge in [-0.25, -0.2) is 0 Å².